The van der Waals surface area contributed by atoms with Crippen molar-refractivity contribution in [3.63, 3.8) is 0 Å². The molecule has 2 atom stereocenters. The lowest BCUT2D eigenvalue weighted by Gasteiger charge is -2.44. The van der Waals surface area contributed by atoms with Crippen molar-refractivity contribution < 1.29 is 13.9 Å². The van der Waals surface area contributed by atoms with E-state index in [0.29, 0.717) is 13.2 Å². The molecule has 0 bridgehead atoms. The molecule has 4 heteroatoms. The number of rotatable bonds is 6. The van der Waals surface area contributed by atoms with Gasteiger partial charge in [-0.2, -0.15) is 0 Å². The van der Waals surface area contributed by atoms with E-state index >= 15 is 0 Å². The van der Waals surface area contributed by atoms with Gasteiger partial charge in [0.25, 0.3) is 8.32 Å². The second-order valence-corrected chi connectivity index (χ2v) is 12.7. The quantitative estimate of drug-likeness (QED) is 0.710. The van der Waals surface area contributed by atoms with Crippen molar-refractivity contribution in [2.24, 2.45) is 0 Å². The molecule has 1 heterocycles. The molecule has 1 saturated heterocycles. The molecule has 0 aromatic heterocycles. The lowest BCUT2D eigenvalue weighted by atomic mass is 10.1. The number of hydrogen-bond acceptors (Lipinski definition) is 3. The highest BCUT2D eigenvalue weighted by Crippen LogP contribution is 2.37. The molecular weight excluding hydrogens is 352 g/mol. The van der Waals surface area contributed by atoms with Crippen LogP contribution in [0.2, 0.25) is 5.04 Å². The molecule has 2 unspecified atom stereocenters. The van der Waals surface area contributed by atoms with E-state index in [-0.39, 0.29) is 17.2 Å². The lowest BCUT2D eigenvalue weighted by molar-refractivity contribution is -0.0839. The lowest BCUT2D eigenvalue weighted by Crippen LogP contribution is -2.67. The fourth-order valence-corrected chi connectivity index (χ4v) is 8.67. The molecule has 1 aliphatic rings. The summed E-state index contributed by atoms with van der Waals surface area (Å²) in [6, 6.07) is 21.5. The van der Waals surface area contributed by atoms with Crippen LogP contribution in [0.4, 0.5) is 0 Å². The minimum Gasteiger partial charge on any atom is -0.405 e. The van der Waals surface area contributed by atoms with E-state index in [1.807, 2.05) is 0 Å². The maximum Gasteiger partial charge on any atom is 0.261 e. The molecule has 3 rings (SSSR count). The summed E-state index contributed by atoms with van der Waals surface area (Å²) in [4.78, 5) is 0. The van der Waals surface area contributed by atoms with E-state index in [1.54, 1.807) is 7.11 Å². The molecular formula is C23H32O3Si. The van der Waals surface area contributed by atoms with Gasteiger partial charge in [0.15, 0.2) is 0 Å². The van der Waals surface area contributed by atoms with Crippen LogP contribution in [0.5, 0.6) is 0 Å². The monoisotopic (exact) mass is 384 g/mol. The van der Waals surface area contributed by atoms with E-state index in [4.69, 9.17) is 13.9 Å². The van der Waals surface area contributed by atoms with Gasteiger partial charge in [-0.05, 0) is 28.3 Å². The Labute approximate surface area is 164 Å². The average molecular weight is 385 g/mol. The smallest absolute Gasteiger partial charge is 0.261 e. The van der Waals surface area contributed by atoms with E-state index in [0.717, 1.165) is 12.8 Å². The predicted molar refractivity (Wildman–Crippen MR) is 113 cm³/mol. The molecule has 27 heavy (non-hydrogen) atoms. The Kier molecular flexibility index (Phi) is 6.53. The summed E-state index contributed by atoms with van der Waals surface area (Å²) < 4.78 is 18.4. The van der Waals surface area contributed by atoms with Gasteiger partial charge in [0.05, 0.1) is 25.4 Å². The molecule has 2 aromatic carbocycles. The van der Waals surface area contributed by atoms with Crippen LogP contribution in [-0.4, -0.2) is 40.8 Å². The number of benzene rings is 2. The van der Waals surface area contributed by atoms with Gasteiger partial charge in [-0.1, -0.05) is 81.4 Å². The van der Waals surface area contributed by atoms with Crippen molar-refractivity contribution >= 4 is 18.7 Å². The van der Waals surface area contributed by atoms with Gasteiger partial charge in [0, 0.05) is 7.11 Å². The third kappa shape index (κ3) is 4.35. The Hall–Kier alpha value is -1.46. The minimum absolute atomic E-state index is 0.000557. The fraction of sp³-hybridized carbons (Fsp3) is 0.478. The maximum atomic E-state index is 6.95. The first-order valence-electron chi connectivity index (χ1n) is 9.87. The third-order valence-corrected chi connectivity index (χ3v) is 10.6. The molecule has 3 nitrogen and oxygen atoms in total. The molecule has 0 spiro atoms. The van der Waals surface area contributed by atoms with Crippen LogP contribution in [0, 0.1) is 0 Å². The van der Waals surface area contributed by atoms with Gasteiger partial charge >= 0.3 is 0 Å². The van der Waals surface area contributed by atoms with E-state index in [9.17, 15) is 0 Å². The van der Waals surface area contributed by atoms with Gasteiger partial charge in [0.2, 0.25) is 0 Å². The van der Waals surface area contributed by atoms with Gasteiger partial charge in [-0.3, -0.25) is 0 Å². The first-order valence-corrected chi connectivity index (χ1v) is 11.8. The second kappa shape index (κ2) is 8.70. The topological polar surface area (TPSA) is 27.7 Å². The third-order valence-electron chi connectivity index (χ3n) is 5.56. The first-order chi connectivity index (χ1) is 13.0. The first kappa shape index (κ1) is 20.3. The van der Waals surface area contributed by atoms with Crippen molar-refractivity contribution in [1.29, 1.82) is 0 Å². The molecule has 0 radical (unpaired) electrons. The Balaban J connectivity index is 1.92. The summed E-state index contributed by atoms with van der Waals surface area (Å²) in [5, 5.41) is 2.63. The highest BCUT2D eigenvalue weighted by molar-refractivity contribution is 6.99. The van der Waals surface area contributed by atoms with Crippen molar-refractivity contribution in [2.45, 2.75) is 50.9 Å². The van der Waals surface area contributed by atoms with Crippen molar-refractivity contribution in [2.75, 3.05) is 20.3 Å². The predicted octanol–water partition coefficient (Wildman–Crippen LogP) is 3.76. The van der Waals surface area contributed by atoms with Crippen LogP contribution in [0.1, 0.15) is 33.6 Å². The summed E-state index contributed by atoms with van der Waals surface area (Å²) in [5.74, 6) is 0. The summed E-state index contributed by atoms with van der Waals surface area (Å²) in [6.07, 6.45) is 2.37. The van der Waals surface area contributed by atoms with Crippen LogP contribution >= 0.6 is 0 Å². The van der Waals surface area contributed by atoms with Gasteiger partial charge in [-0.15, -0.1) is 0 Å². The van der Waals surface area contributed by atoms with E-state index < -0.39 is 8.32 Å². The van der Waals surface area contributed by atoms with Gasteiger partial charge in [-0.25, -0.2) is 0 Å². The zero-order valence-corrected chi connectivity index (χ0v) is 18.0. The zero-order valence-electron chi connectivity index (χ0n) is 17.0. The van der Waals surface area contributed by atoms with Gasteiger partial charge in [0.1, 0.15) is 0 Å². The summed E-state index contributed by atoms with van der Waals surface area (Å²) >= 11 is 0. The Morgan fingerprint density at radius 1 is 0.926 bits per heavy atom. The molecule has 0 amide bonds. The van der Waals surface area contributed by atoms with E-state index in [1.165, 1.54) is 10.4 Å². The average Bonchev–Trinajstić information content (AvgIpc) is 2.69. The molecule has 2 aromatic rings. The van der Waals surface area contributed by atoms with Crippen LogP contribution in [0.15, 0.2) is 60.7 Å². The normalized spacial score (nSPS) is 21.2. The molecule has 0 saturated carbocycles. The summed E-state index contributed by atoms with van der Waals surface area (Å²) in [5.41, 5.74) is 0. The molecule has 1 fully saturated rings. The van der Waals surface area contributed by atoms with E-state index in [2.05, 4.69) is 81.4 Å². The van der Waals surface area contributed by atoms with Crippen LogP contribution in [-0.2, 0) is 13.9 Å². The van der Waals surface area contributed by atoms with Gasteiger partial charge < -0.3 is 13.9 Å². The minimum atomic E-state index is -2.47. The summed E-state index contributed by atoms with van der Waals surface area (Å²) in [7, 11) is -0.713. The summed E-state index contributed by atoms with van der Waals surface area (Å²) in [6.45, 7) is 8.21. The standard InChI is InChI=1S/C23H32O3Si/c1-23(2,3)27(21-11-7-5-8-12-21,22-13-9-6-10-14-22)26-18-20-16-15-19(24-4)17-25-20/h5-14,19-20H,15-18H2,1-4H3. The highest BCUT2D eigenvalue weighted by Gasteiger charge is 2.50. The molecule has 0 aliphatic carbocycles. The molecule has 0 N–H and O–H groups in total. The Bertz CT molecular complexity index is 649. The number of hydrogen-bond donors (Lipinski definition) is 0. The number of ether oxygens (including phenoxy) is 2. The zero-order chi connectivity index (χ0) is 19.3. The second-order valence-electron chi connectivity index (χ2n) is 8.36. The Morgan fingerprint density at radius 3 is 1.89 bits per heavy atom. The number of methoxy groups -OCH3 is 1. The highest BCUT2D eigenvalue weighted by atomic mass is 28.4. The SMILES string of the molecule is COC1CCC(CO[Si](c2ccccc2)(c2ccccc2)C(C)(C)C)OC1. The molecule has 146 valence electrons. The molecule has 1 aliphatic heterocycles. The fourth-order valence-electron chi connectivity index (χ4n) is 4.08. The van der Waals surface area contributed by atoms with Crippen LogP contribution in [0.25, 0.3) is 0 Å². The maximum absolute atomic E-state index is 6.95. The van der Waals surface area contributed by atoms with Crippen LogP contribution in [0.3, 0.4) is 0 Å². The van der Waals surface area contributed by atoms with Crippen molar-refractivity contribution in [3.05, 3.63) is 60.7 Å². The Morgan fingerprint density at radius 2 is 1.48 bits per heavy atom. The largest absolute Gasteiger partial charge is 0.405 e. The van der Waals surface area contributed by atoms with Crippen molar-refractivity contribution in [1.82, 2.24) is 0 Å². The van der Waals surface area contributed by atoms with Crippen molar-refractivity contribution in [3.8, 4) is 0 Å². The van der Waals surface area contributed by atoms with Crippen LogP contribution < -0.4 is 10.4 Å².